The molecule has 0 aromatic heterocycles. The molecule has 0 aliphatic carbocycles. The van der Waals surface area contributed by atoms with Crippen molar-refractivity contribution in [3.63, 3.8) is 0 Å². The Balaban J connectivity index is 2.38. The first-order valence-electron chi connectivity index (χ1n) is 7.80. The van der Waals surface area contributed by atoms with Crippen LogP contribution in [0.4, 0.5) is 0 Å². The Morgan fingerprint density at radius 2 is 1.52 bits per heavy atom. The number of hydrogen-bond donors (Lipinski definition) is 2. The number of benzene rings is 2. The van der Waals surface area contributed by atoms with E-state index in [4.69, 9.17) is 5.14 Å². The standard InChI is InChI=1S/C17H22N2O4S2/c1-13(2)11-17(14-7-4-3-5-8-14)19-25(22,23)16-10-6-9-15(12-16)24(18,20)21/h3-10,12-13,17,19H,11H2,1-2H3,(H2,18,20,21). The Bertz CT molecular complexity index is 924. The third kappa shape index (κ3) is 5.37. The quantitative estimate of drug-likeness (QED) is 0.767. The van der Waals surface area contributed by atoms with Gasteiger partial charge in [0, 0.05) is 6.04 Å². The Morgan fingerprint density at radius 3 is 2.08 bits per heavy atom. The monoisotopic (exact) mass is 382 g/mol. The van der Waals surface area contributed by atoms with E-state index in [1.165, 1.54) is 18.2 Å². The van der Waals surface area contributed by atoms with E-state index in [1.807, 2.05) is 44.2 Å². The largest absolute Gasteiger partial charge is 0.241 e. The van der Waals surface area contributed by atoms with E-state index in [0.717, 1.165) is 11.6 Å². The lowest BCUT2D eigenvalue weighted by atomic mass is 9.98. The molecule has 0 aliphatic heterocycles. The van der Waals surface area contributed by atoms with Gasteiger partial charge in [0.25, 0.3) is 0 Å². The number of rotatable bonds is 7. The third-order valence-electron chi connectivity index (χ3n) is 3.65. The highest BCUT2D eigenvalue weighted by atomic mass is 32.2. The van der Waals surface area contributed by atoms with Crippen LogP contribution in [0.15, 0.2) is 64.4 Å². The van der Waals surface area contributed by atoms with Gasteiger partial charge < -0.3 is 0 Å². The molecular formula is C17H22N2O4S2. The van der Waals surface area contributed by atoms with Gasteiger partial charge in [-0.25, -0.2) is 26.7 Å². The maximum absolute atomic E-state index is 12.7. The van der Waals surface area contributed by atoms with Gasteiger partial charge in [-0.15, -0.1) is 0 Å². The van der Waals surface area contributed by atoms with Gasteiger partial charge in [0.05, 0.1) is 9.79 Å². The van der Waals surface area contributed by atoms with Gasteiger partial charge in [-0.1, -0.05) is 50.2 Å². The average Bonchev–Trinajstić information content (AvgIpc) is 2.54. The van der Waals surface area contributed by atoms with Crippen molar-refractivity contribution in [1.29, 1.82) is 0 Å². The molecule has 136 valence electrons. The summed E-state index contributed by atoms with van der Waals surface area (Å²) in [5, 5.41) is 5.08. The number of primary sulfonamides is 1. The molecule has 25 heavy (non-hydrogen) atoms. The molecule has 8 heteroatoms. The molecule has 0 heterocycles. The van der Waals surface area contributed by atoms with Gasteiger partial charge in [-0.05, 0) is 36.1 Å². The summed E-state index contributed by atoms with van der Waals surface area (Å²) in [4.78, 5) is -0.376. The first-order valence-corrected chi connectivity index (χ1v) is 10.8. The van der Waals surface area contributed by atoms with E-state index in [9.17, 15) is 16.8 Å². The maximum Gasteiger partial charge on any atom is 0.241 e. The number of sulfonamides is 2. The summed E-state index contributed by atoms with van der Waals surface area (Å²) >= 11 is 0. The van der Waals surface area contributed by atoms with Gasteiger partial charge in [0.2, 0.25) is 20.0 Å². The second-order valence-corrected chi connectivity index (χ2v) is 9.51. The van der Waals surface area contributed by atoms with Crippen molar-refractivity contribution in [1.82, 2.24) is 4.72 Å². The van der Waals surface area contributed by atoms with E-state index in [-0.39, 0.29) is 15.7 Å². The summed E-state index contributed by atoms with van der Waals surface area (Å²) in [6.07, 6.45) is 0.609. The Labute approximate surface area is 149 Å². The minimum absolute atomic E-state index is 0.135. The summed E-state index contributed by atoms with van der Waals surface area (Å²) in [7, 11) is -7.88. The second-order valence-electron chi connectivity index (χ2n) is 6.23. The fourth-order valence-electron chi connectivity index (χ4n) is 2.48. The van der Waals surface area contributed by atoms with E-state index in [1.54, 1.807) is 0 Å². The van der Waals surface area contributed by atoms with Crippen LogP contribution in [0.5, 0.6) is 0 Å². The summed E-state index contributed by atoms with van der Waals surface area (Å²) in [5.41, 5.74) is 0.849. The predicted molar refractivity (Wildman–Crippen MR) is 96.8 cm³/mol. The van der Waals surface area contributed by atoms with Gasteiger partial charge in [0.1, 0.15) is 0 Å². The van der Waals surface area contributed by atoms with E-state index < -0.39 is 26.1 Å². The normalized spacial score (nSPS) is 13.8. The van der Waals surface area contributed by atoms with Crippen LogP contribution in [0, 0.1) is 5.92 Å². The molecule has 2 aromatic rings. The lowest BCUT2D eigenvalue weighted by molar-refractivity contribution is 0.472. The molecule has 6 nitrogen and oxygen atoms in total. The van der Waals surface area contributed by atoms with E-state index in [2.05, 4.69) is 4.72 Å². The Kier molecular flexibility index (Phi) is 5.99. The van der Waals surface area contributed by atoms with Crippen molar-refractivity contribution in [2.45, 2.75) is 36.1 Å². The highest BCUT2D eigenvalue weighted by Gasteiger charge is 2.23. The minimum atomic E-state index is -3.98. The van der Waals surface area contributed by atoms with Crippen LogP contribution in [-0.2, 0) is 20.0 Å². The lowest BCUT2D eigenvalue weighted by Gasteiger charge is -2.21. The van der Waals surface area contributed by atoms with Crippen LogP contribution in [0.3, 0.4) is 0 Å². The zero-order chi connectivity index (χ0) is 18.7. The molecule has 2 aromatic carbocycles. The van der Waals surface area contributed by atoms with Gasteiger partial charge in [-0.2, -0.15) is 0 Å². The fourth-order valence-corrected chi connectivity index (χ4v) is 4.40. The van der Waals surface area contributed by atoms with Crippen molar-refractivity contribution in [3.05, 3.63) is 60.2 Å². The summed E-state index contributed by atoms with van der Waals surface area (Å²) < 4.78 is 51.1. The number of hydrogen-bond acceptors (Lipinski definition) is 4. The Morgan fingerprint density at radius 1 is 0.920 bits per heavy atom. The molecule has 0 spiro atoms. The van der Waals surface area contributed by atoms with Crippen LogP contribution in [0.25, 0.3) is 0 Å². The van der Waals surface area contributed by atoms with Crippen LogP contribution >= 0.6 is 0 Å². The molecule has 0 bridgehead atoms. The molecule has 3 N–H and O–H groups in total. The number of nitrogens with one attached hydrogen (secondary N) is 1. The zero-order valence-electron chi connectivity index (χ0n) is 14.1. The van der Waals surface area contributed by atoms with Crippen molar-refractivity contribution in [2.75, 3.05) is 0 Å². The third-order valence-corrected chi connectivity index (χ3v) is 6.03. The van der Waals surface area contributed by atoms with Crippen LogP contribution < -0.4 is 9.86 Å². The molecule has 0 fully saturated rings. The second kappa shape index (κ2) is 7.65. The van der Waals surface area contributed by atoms with Crippen molar-refractivity contribution < 1.29 is 16.8 Å². The molecule has 0 saturated carbocycles. The molecule has 0 saturated heterocycles. The fraction of sp³-hybridized carbons (Fsp3) is 0.294. The highest BCUT2D eigenvalue weighted by molar-refractivity contribution is 7.90. The van der Waals surface area contributed by atoms with Gasteiger partial charge in [-0.3, -0.25) is 0 Å². The summed E-state index contributed by atoms with van der Waals surface area (Å²) in [6.45, 7) is 4.01. The molecule has 0 aliphatic rings. The molecular weight excluding hydrogens is 360 g/mol. The molecule has 0 radical (unpaired) electrons. The zero-order valence-corrected chi connectivity index (χ0v) is 15.7. The minimum Gasteiger partial charge on any atom is -0.225 e. The van der Waals surface area contributed by atoms with Gasteiger partial charge >= 0.3 is 0 Å². The van der Waals surface area contributed by atoms with Crippen LogP contribution in [0.1, 0.15) is 31.9 Å². The van der Waals surface area contributed by atoms with Crippen molar-refractivity contribution in [2.24, 2.45) is 11.1 Å². The van der Waals surface area contributed by atoms with Crippen LogP contribution in [0.2, 0.25) is 0 Å². The average molecular weight is 383 g/mol. The highest BCUT2D eigenvalue weighted by Crippen LogP contribution is 2.24. The topological polar surface area (TPSA) is 106 Å². The van der Waals surface area contributed by atoms with E-state index in [0.29, 0.717) is 6.42 Å². The van der Waals surface area contributed by atoms with E-state index >= 15 is 0 Å². The smallest absolute Gasteiger partial charge is 0.225 e. The lowest BCUT2D eigenvalue weighted by Crippen LogP contribution is -2.30. The van der Waals surface area contributed by atoms with Crippen molar-refractivity contribution in [3.8, 4) is 0 Å². The summed E-state index contributed by atoms with van der Waals surface area (Å²) in [5.74, 6) is 0.267. The summed E-state index contributed by atoms with van der Waals surface area (Å²) in [6, 6.07) is 13.9. The van der Waals surface area contributed by atoms with Crippen LogP contribution in [-0.4, -0.2) is 16.8 Å². The number of nitrogens with two attached hydrogens (primary N) is 1. The maximum atomic E-state index is 12.7. The predicted octanol–water partition coefficient (Wildman–Crippen LogP) is 2.40. The SMILES string of the molecule is CC(C)CC(NS(=O)(=O)c1cccc(S(N)(=O)=O)c1)c1ccccc1. The molecule has 1 atom stereocenters. The first kappa shape index (κ1) is 19.6. The Hall–Kier alpha value is -1.74. The molecule has 2 rings (SSSR count). The van der Waals surface area contributed by atoms with Crippen molar-refractivity contribution >= 4 is 20.0 Å². The van der Waals surface area contributed by atoms with Gasteiger partial charge in [0.15, 0.2) is 0 Å². The molecule has 0 amide bonds. The first-order chi connectivity index (χ1) is 11.6. The molecule has 1 unspecified atom stereocenters.